The van der Waals surface area contributed by atoms with Gasteiger partial charge in [-0.1, -0.05) is 0 Å². The van der Waals surface area contributed by atoms with Crippen LogP contribution in [0.15, 0.2) is 0 Å². The van der Waals surface area contributed by atoms with Gasteiger partial charge in [-0.2, -0.15) is 0 Å². The standard InChI is InChI=1S/C12H19NO3/c1-8(12(16-2)4-3-5-12)13-11(15)9-6-10(14)7-9/h8-9H,3-7H2,1-2H3,(H,13,15). The SMILES string of the molecule is COC1(C(C)NC(=O)C2CC(=O)C2)CCC1. The topological polar surface area (TPSA) is 55.4 Å². The molecular weight excluding hydrogens is 206 g/mol. The second-order valence-electron chi connectivity index (χ2n) is 5.00. The van der Waals surface area contributed by atoms with E-state index in [4.69, 9.17) is 4.74 Å². The van der Waals surface area contributed by atoms with Gasteiger partial charge in [-0.25, -0.2) is 0 Å². The van der Waals surface area contributed by atoms with Crippen LogP contribution in [-0.2, 0) is 14.3 Å². The van der Waals surface area contributed by atoms with Gasteiger partial charge in [-0.05, 0) is 26.2 Å². The minimum atomic E-state index is -0.163. The molecular formula is C12H19NO3. The van der Waals surface area contributed by atoms with Gasteiger partial charge < -0.3 is 10.1 Å². The molecule has 2 saturated carbocycles. The molecule has 4 nitrogen and oxygen atoms in total. The fourth-order valence-corrected chi connectivity index (χ4v) is 2.48. The fourth-order valence-electron chi connectivity index (χ4n) is 2.48. The predicted molar refractivity (Wildman–Crippen MR) is 58.9 cm³/mol. The van der Waals surface area contributed by atoms with Crippen LogP contribution >= 0.6 is 0 Å². The van der Waals surface area contributed by atoms with Gasteiger partial charge in [0.25, 0.3) is 0 Å². The lowest BCUT2D eigenvalue weighted by Crippen LogP contribution is -2.57. The zero-order chi connectivity index (χ0) is 11.8. The van der Waals surface area contributed by atoms with E-state index in [1.165, 1.54) is 0 Å². The van der Waals surface area contributed by atoms with Crippen LogP contribution in [-0.4, -0.2) is 30.4 Å². The van der Waals surface area contributed by atoms with Crippen LogP contribution < -0.4 is 5.32 Å². The fraction of sp³-hybridized carbons (Fsp3) is 0.833. The van der Waals surface area contributed by atoms with E-state index in [2.05, 4.69) is 5.32 Å². The molecule has 1 amide bonds. The summed E-state index contributed by atoms with van der Waals surface area (Å²) in [6.07, 6.45) is 4.01. The molecule has 2 aliphatic rings. The van der Waals surface area contributed by atoms with Crippen LogP contribution in [0.2, 0.25) is 0 Å². The van der Waals surface area contributed by atoms with Crippen molar-refractivity contribution in [3.05, 3.63) is 0 Å². The highest BCUT2D eigenvalue weighted by Crippen LogP contribution is 2.38. The van der Waals surface area contributed by atoms with Crippen molar-refractivity contribution in [2.45, 2.75) is 50.7 Å². The Labute approximate surface area is 95.7 Å². The Kier molecular flexibility index (Phi) is 3.02. The molecule has 0 bridgehead atoms. The van der Waals surface area contributed by atoms with Crippen LogP contribution in [0, 0.1) is 5.92 Å². The van der Waals surface area contributed by atoms with Gasteiger partial charge in [-0.15, -0.1) is 0 Å². The quantitative estimate of drug-likeness (QED) is 0.777. The lowest BCUT2D eigenvalue weighted by molar-refractivity contribution is -0.142. The Balaban J connectivity index is 1.84. The number of hydrogen-bond donors (Lipinski definition) is 1. The van der Waals surface area contributed by atoms with Crippen LogP contribution in [0.4, 0.5) is 0 Å². The molecule has 4 heteroatoms. The number of ether oxygens (including phenoxy) is 1. The Morgan fingerprint density at radius 2 is 2.12 bits per heavy atom. The Bertz CT molecular complexity index is 296. The lowest BCUT2D eigenvalue weighted by Gasteiger charge is -2.45. The highest BCUT2D eigenvalue weighted by atomic mass is 16.5. The number of ketones is 1. The summed E-state index contributed by atoms with van der Waals surface area (Å²) in [6, 6.07) is 0.0365. The Hall–Kier alpha value is -0.900. The zero-order valence-electron chi connectivity index (χ0n) is 9.91. The van der Waals surface area contributed by atoms with Crippen molar-refractivity contribution in [2.75, 3.05) is 7.11 Å². The summed E-state index contributed by atoms with van der Waals surface area (Å²) in [5.74, 6) is 0.109. The number of methoxy groups -OCH3 is 1. The van der Waals surface area contributed by atoms with Crippen molar-refractivity contribution < 1.29 is 14.3 Å². The summed E-state index contributed by atoms with van der Waals surface area (Å²) in [5.41, 5.74) is -0.163. The molecule has 2 rings (SSSR count). The maximum absolute atomic E-state index is 11.8. The Morgan fingerprint density at radius 3 is 2.50 bits per heavy atom. The largest absolute Gasteiger partial charge is 0.376 e. The third-order valence-corrected chi connectivity index (χ3v) is 4.07. The first kappa shape index (κ1) is 11.6. The number of Topliss-reactive ketones (excluding diaryl/α,β-unsaturated/α-hetero) is 1. The molecule has 1 unspecified atom stereocenters. The summed E-state index contributed by atoms with van der Waals surface area (Å²) < 4.78 is 5.51. The third kappa shape index (κ3) is 1.86. The number of rotatable bonds is 4. The van der Waals surface area contributed by atoms with Gasteiger partial charge in [0, 0.05) is 20.0 Å². The van der Waals surface area contributed by atoms with Crippen molar-refractivity contribution in [3.8, 4) is 0 Å². The monoisotopic (exact) mass is 225 g/mol. The van der Waals surface area contributed by atoms with Crippen LogP contribution in [0.1, 0.15) is 39.0 Å². The van der Waals surface area contributed by atoms with Crippen LogP contribution in [0.3, 0.4) is 0 Å². The molecule has 16 heavy (non-hydrogen) atoms. The van der Waals surface area contributed by atoms with Gasteiger partial charge in [0.05, 0.1) is 17.6 Å². The molecule has 0 radical (unpaired) electrons. The molecule has 2 aliphatic carbocycles. The van der Waals surface area contributed by atoms with Gasteiger partial charge in [0.1, 0.15) is 5.78 Å². The predicted octanol–water partition coefficient (Wildman–Crippen LogP) is 1.04. The summed E-state index contributed by atoms with van der Waals surface area (Å²) in [4.78, 5) is 22.6. The molecule has 0 aromatic rings. The van der Waals surface area contributed by atoms with Crippen molar-refractivity contribution in [2.24, 2.45) is 5.92 Å². The first-order valence-electron chi connectivity index (χ1n) is 5.94. The van der Waals surface area contributed by atoms with Crippen molar-refractivity contribution in [3.63, 3.8) is 0 Å². The second-order valence-corrected chi connectivity index (χ2v) is 5.00. The average Bonchev–Trinajstić information content (AvgIpc) is 2.11. The van der Waals surface area contributed by atoms with Crippen molar-refractivity contribution in [1.82, 2.24) is 5.32 Å². The molecule has 1 atom stereocenters. The molecule has 0 aromatic carbocycles. The summed E-state index contributed by atoms with van der Waals surface area (Å²) in [5, 5.41) is 2.98. The van der Waals surface area contributed by atoms with E-state index in [0.717, 1.165) is 19.3 Å². The number of amides is 1. The molecule has 1 N–H and O–H groups in total. The van der Waals surface area contributed by atoms with Crippen LogP contribution in [0.5, 0.6) is 0 Å². The number of carbonyl (C=O) groups is 2. The van der Waals surface area contributed by atoms with E-state index < -0.39 is 0 Å². The maximum atomic E-state index is 11.8. The Morgan fingerprint density at radius 1 is 1.50 bits per heavy atom. The molecule has 2 fully saturated rings. The molecule has 0 aliphatic heterocycles. The first-order valence-corrected chi connectivity index (χ1v) is 5.94. The number of hydrogen-bond acceptors (Lipinski definition) is 3. The highest BCUT2D eigenvalue weighted by Gasteiger charge is 2.44. The van der Waals surface area contributed by atoms with Gasteiger partial charge in [0.15, 0.2) is 0 Å². The molecule has 0 spiro atoms. The maximum Gasteiger partial charge on any atom is 0.224 e. The van der Waals surface area contributed by atoms with Gasteiger partial charge >= 0.3 is 0 Å². The molecule has 0 saturated heterocycles. The number of carbonyl (C=O) groups excluding carboxylic acids is 2. The highest BCUT2D eigenvalue weighted by molar-refractivity contribution is 5.96. The third-order valence-electron chi connectivity index (χ3n) is 4.07. The van der Waals surface area contributed by atoms with E-state index >= 15 is 0 Å². The molecule has 90 valence electrons. The van der Waals surface area contributed by atoms with Gasteiger partial charge in [0.2, 0.25) is 5.91 Å². The summed E-state index contributed by atoms with van der Waals surface area (Å²) in [6.45, 7) is 1.99. The zero-order valence-corrected chi connectivity index (χ0v) is 9.91. The number of nitrogens with one attached hydrogen (secondary N) is 1. The van der Waals surface area contributed by atoms with E-state index in [1.54, 1.807) is 7.11 Å². The molecule has 0 aromatic heterocycles. The van der Waals surface area contributed by atoms with E-state index in [0.29, 0.717) is 12.8 Å². The van der Waals surface area contributed by atoms with E-state index in [-0.39, 0.29) is 29.3 Å². The van der Waals surface area contributed by atoms with E-state index in [9.17, 15) is 9.59 Å². The second kappa shape index (κ2) is 4.17. The van der Waals surface area contributed by atoms with Crippen LogP contribution in [0.25, 0.3) is 0 Å². The lowest BCUT2D eigenvalue weighted by atomic mass is 9.74. The molecule has 0 heterocycles. The van der Waals surface area contributed by atoms with Gasteiger partial charge in [-0.3, -0.25) is 9.59 Å². The summed E-state index contributed by atoms with van der Waals surface area (Å²) >= 11 is 0. The van der Waals surface area contributed by atoms with Crippen molar-refractivity contribution >= 4 is 11.7 Å². The smallest absolute Gasteiger partial charge is 0.224 e. The normalized spacial score (nSPS) is 25.5. The average molecular weight is 225 g/mol. The minimum Gasteiger partial charge on any atom is -0.376 e. The van der Waals surface area contributed by atoms with Crippen molar-refractivity contribution in [1.29, 1.82) is 0 Å². The first-order chi connectivity index (χ1) is 7.57. The summed E-state index contributed by atoms with van der Waals surface area (Å²) in [7, 11) is 1.70. The van der Waals surface area contributed by atoms with E-state index in [1.807, 2.05) is 6.92 Å². The minimum absolute atomic E-state index is 0.00965.